The van der Waals surface area contributed by atoms with E-state index in [1.54, 1.807) is 0 Å². The number of hydrogen-bond acceptors (Lipinski definition) is 2. The Morgan fingerprint density at radius 2 is 1.82 bits per heavy atom. The molecule has 3 saturated carbocycles. The van der Waals surface area contributed by atoms with Crippen molar-refractivity contribution in [2.24, 2.45) is 45.4 Å². The van der Waals surface area contributed by atoms with Crippen molar-refractivity contribution in [1.82, 2.24) is 0 Å². The van der Waals surface area contributed by atoms with E-state index < -0.39 is 0 Å². The van der Waals surface area contributed by atoms with E-state index in [1.807, 2.05) is 6.08 Å². The molecule has 2 nitrogen and oxygen atoms in total. The van der Waals surface area contributed by atoms with Gasteiger partial charge in [0.2, 0.25) is 0 Å². The zero-order valence-electron chi connectivity index (χ0n) is 18.5. The lowest BCUT2D eigenvalue weighted by atomic mass is 9.46. The Morgan fingerprint density at radius 3 is 2.57 bits per heavy atom. The third-order valence-corrected chi connectivity index (χ3v) is 10.5. The molecule has 28 heavy (non-hydrogen) atoms. The van der Waals surface area contributed by atoms with E-state index in [9.17, 15) is 4.79 Å². The largest absolute Gasteiger partial charge is 0.295 e. The van der Waals surface area contributed by atoms with E-state index in [0.29, 0.717) is 22.7 Å². The number of hydrogen-bond donors (Lipinski definition) is 0. The minimum atomic E-state index is 0.314. The van der Waals surface area contributed by atoms with Crippen LogP contribution in [0, 0.1) is 40.4 Å². The summed E-state index contributed by atoms with van der Waals surface area (Å²) in [5.41, 5.74) is 3.72. The van der Waals surface area contributed by atoms with Gasteiger partial charge in [-0.25, -0.2) is 0 Å². The molecule has 0 radical (unpaired) electrons. The van der Waals surface area contributed by atoms with E-state index >= 15 is 0 Å². The minimum absolute atomic E-state index is 0.314. The van der Waals surface area contributed by atoms with E-state index in [1.165, 1.54) is 62.7 Å². The van der Waals surface area contributed by atoms with Gasteiger partial charge in [0.15, 0.2) is 5.78 Å². The molecule has 5 aliphatic rings. The average molecular weight is 382 g/mol. The summed E-state index contributed by atoms with van der Waals surface area (Å²) in [6.07, 6.45) is 14.6. The summed E-state index contributed by atoms with van der Waals surface area (Å²) >= 11 is 0. The van der Waals surface area contributed by atoms with Gasteiger partial charge in [-0.2, -0.15) is 0 Å². The van der Waals surface area contributed by atoms with Gasteiger partial charge in [-0.1, -0.05) is 26.3 Å². The van der Waals surface area contributed by atoms with E-state index in [0.717, 1.165) is 42.4 Å². The molecule has 0 aromatic rings. The van der Waals surface area contributed by atoms with Gasteiger partial charge >= 0.3 is 0 Å². The van der Waals surface area contributed by atoms with Crippen LogP contribution in [0.5, 0.6) is 0 Å². The first kappa shape index (κ1) is 19.1. The van der Waals surface area contributed by atoms with Crippen LogP contribution in [0.15, 0.2) is 16.6 Å². The number of aliphatic imine (C=N–C) groups is 1. The van der Waals surface area contributed by atoms with Crippen LogP contribution in [-0.4, -0.2) is 17.5 Å². The Morgan fingerprint density at radius 1 is 1.00 bits per heavy atom. The molecule has 1 aliphatic heterocycles. The lowest BCUT2D eigenvalue weighted by Crippen LogP contribution is -2.51. The highest BCUT2D eigenvalue weighted by atomic mass is 16.1. The predicted molar refractivity (Wildman–Crippen MR) is 115 cm³/mol. The second-order valence-corrected chi connectivity index (χ2v) is 11.5. The molecule has 4 aliphatic carbocycles. The third-order valence-electron chi connectivity index (χ3n) is 10.5. The van der Waals surface area contributed by atoms with Crippen LogP contribution in [0.25, 0.3) is 0 Å². The summed E-state index contributed by atoms with van der Waals surface area (Å²) in [4.78, 5) is 17.1. The zero-order valence-corrected chi connectivity index (χ0v) is 18.5. The van der Waals surface area contributed by atoms with Crippen molar-refractivity contribution in [2.75, 3.05) is 0 Å². The first-order chi connectivity index (χ1) is 13.3. The Kier molecular flexibility index (Phi) is 4.45. The van der Waals surface area contributed by atoms with Gasteiger partial charge in [0.1, 0.15) is 0 Å². The van der Waals surface area contributed by atoms with Crippen molar-refractivity contribution in [3.8, 4) is 0 Å². The molecule has 2 unspecified atom stereocenters. The van der Waals surface area contributed by atoms with Crippen LogP contribution in [-0.2, 0) is 4.79 Å². The van der Waals surface area contributed by atoms with Gasteiger partial charge in [0.25, 0.3) is 0 Å². The predicted octanol–water partition coefficient (Wildman–Crippen LogP) is 6.39. The summed E-state index contributed by atoms with van der Waals surface area (Å²) in [7, 11) is 0. The van der Waals surface area contributed by atoms with Gasteiger partial charge < -0.3 is 0 Å². The fraction of sp³-hybridized carbons (Fsp3) is 0.846. The molecule has 0 amide bonds. The summed E-state index contributed by atoms with van der Waals surface area (Å²) in [5, 5.41) is 0. The van der Waals surface area contributed by atoms with Crippen LogP contribution >= 0.6 is 0 Å². The molecule has 0 N–H and O–H groups in total. The number of ketones is 1. The zero-order chi connectivity index (χ0) is 19.7. The van der Waals surface area contributed by atoms with Crippen molar-refractivity contribution in [2.45, 2.75) is 97.9 Å². The monoisotopic (exact) mass is 381 g/mol. The lowest BCUT2D eigenvalue weighted by molar-refractivity contribution is -0.117. The number of carbonyl (C=O) groups excluding carboxylic acids is 1. The Labute approximate surface area is 171 Å². The lowest BCUT2D eigenvalue weighted by Gasteiger charge is -2.58. The number of carbonyl (C=O) groups is 1. The standard InChI is InChI=1S/C26H39NO/c1-16-5-10-24(27-16)17(2)21-8-9-22-20-7-6-18-15-19(28)11-13-25(18,3)23(20)12-14-26(21,22)4/h15,17,20-24H,5-14H2,1-4H3/t17?,20-,21+,22-,23-,24?,25-,26+/m0/s1. The molecular weight excluding hydrogens is 342 g/mol. The highest BCUT2D eigenvalue weighted by molar-refractivity contribution is 5.91. The Hall–Kier alpha value is -0.920. The Balaban J connectivity index is 1.40. The Bertz CT molecular complexity index is 735. The molecule has 154 valence electrons. The summed E-state index contributed by atoms with van der Waals surface area (Å²) in [6, 6.07) is 0.584. The first-order valence-corrected chi connectivity index (χ1v) is 12.1. The van der Waals surface area contributed by atoms with Crippen molar-refractivity contribution in [3.63, 3.8) is 0 Å². The number of rotatable bonds is 2. The van der Waals surface area contributed by atoms with Crippen molar-refractivity contribution in [3.05, 3.63) is 11.6 Å². The average Bonchev–Trinajstić information content (AvgIpc) is 3.25. The third kappa shape index (κ3) is 2.65. The fourth-order valence-corrected chi connectivity index (χ4v) is 8.88. The number of nitrogens with zero attached hydrogens (tertiary/aromatic N) is 1. The highest BCUT2D eigenvalue weighted by Crippen LogP contribution is 2.67. The molecule has 0 aromatic carbocycles. The molecule has 2 heteroatoms. The second-order valence-electron chi connectivity index (χ2n) is 11.5. The van der Waals surface area contributed by atoms with Gasteiger partial charge in [-0.15, -0.1) is 0 Å². The van der Waals surface area contributed by atoms with Gasteiger partial charge in [0, 0.05) is 12.1 Å². The highest BCUT2D eigenvalue weighted by Gasteiger charge is 2.59. The SMILES string of the molecule is CC1=NC(C(C)[C@H]2CC[C@H]3[C@@H]4CCC5=CC(=O)CC[C@]5(C)[C@H]4CC[C@]23C)CC1. The molecule has 0 spiro atoms. The summed E-state index contributed by atoms with van der Waals surface area (Å²) in [6.45, 7) is 9.91. The van der Waals surface area contributed by atoms with Crippen molar-refractivity contribution >= 4 is 11.5 Å². The molecule has 0 saturated heterocycles. The molecule has 0 aromatic heterocycles. The molecular formula is C26H39NO. The topological polar surface area (TPSA) is 29.4 Å². The normalized spacial score (nSPS) is 49.0. The number of fused-ring (bicyclic) bond motifs is 5. The van der Waals surface area contributed by atoms with Crippen LogP contribution < -0.4 is 0 Å². The second kappa shape index (κ2) is 6.54. The quantitative estimate of drug-likeness (QED) is 0.544. The van der Waals surface area contributed by atoms with E-state index in [2.05, 4.69) is 27.7 Å². The van der Waals surface area contributed by atoms with Crippen molar-refractivity contribution in [1.29, 1.82) is 0 Å². The molecule has 5 rings (SSSR count). The minimum Gasteiger partial charge on any atom is -0.295 e. The van der Waals surface area contributed by atoms with Crippen LogP contribution in [0.4, 0.5) is 0 Å². The molecule has 3 fully saturated rings. The van der Waals surface area contributed by atoms with Crippen molar-refractivity contribution < 1.29 is 4.79 Å². The molecule has 8 atom stereocenters. The van der Waals surface area contributed by atoms with E-state index in [-0.39, 0.29) is 0 Å². The maximum absolute atomic E-state index is 12.0. The smallest absolute Gasteiger partial charge is 0.155 e. The number of allylic oxidation sites excluding steroid dienone is 1. The molecule has 1 heterocycles. The van der Waals surface area contributed by atoms with Gasteiger partial charge in [0.05, 0.1) is 6.04 Å². The van der Waals surface area contributed by atoms with Gasteiger partial charge in [-0.3, -0.25) is 9.79 Å². The maximum atomic E-state index is 12.0. The van der Waals surface area contributed by atoms with E-state index in [4.69, 9.17) is 4.99 Å². The van der Waals surface area contributed by atoms with Crippen LogP contribution in [0.3, 0.4) is 0 Å². The molecule has 0 bridgehead atoms. The van der Waals surface area contributed by atoms with Crippen LogP contribution in [0.2, 0.25) is 0 Å². The summed E-state index contributed by atoms with van der Waals surface area (Å²) in [5.74, 6) is 4.59. The summed E-state index contributed by atoms with van der Waals surface area (Å²) < 4.78 is 0. The fourth-order valence-electron chi connectivity index (χ4n) is 8.88. The van der Waals surface area contributed by atoms with Gasteiger partial charge in [-0.05, 0) is 111 Å². The first-order valence-electron chi connectivity index (χ1n) is 12.1. The maximum Gasteiger partial charge on any atom is 0.155 e. The van der Waals surface area contributed by atoms with Crippen LogP contribution in [0.1, 0.15) is 91.9 Å².